The molecule has 37 heavy (non-hydrogen) atoms. The summed E-state index contributed by atoms with van der Waals surface area (Å²) in [5, 5.41) is 2.30. The van der Waals surface area contributed by atoms with Gasteiger partial charge in [-0.1, -0.05) is 13.8 Å². The zero-order valence-electron chi connectivity index (χ0n) is 21.3. The maximum Gasteiger partial charge on any atom is 0.119 e. The maximum atomic E-state index is 5.57. The van der Waals surface area contributed by atoms with Gasteiger partial charge in [-0.05, 0) is 79.6 Å². The molecular weight excluding hydrogens is 496 g/mol. The van der Waals surface area contributed by atoms with Gasteiger partial charge in [-0.15, -0.1) is 22.7 Å². The molecule has 1 N–H and O–H groups in total. The van der Waals surface area contributed by atoms with Crippen LogP contribution in [-0.2, 0) is 12.8 Å². The van der Waals surface area contributed by atoms with Gasteiger partial charge in [-0.3, -0.25) is 0 Å². The van der Waals surface area contributed by atoms with E-state index in [2.05, 4.69) is 73.4 Å². The van der Waals surface area contributed by atoms with Crippen molar-refractivity contribution in [3.8, 4) is 22.1 Å². The van der Waals surface area contributed by atoms with E-state index < -0.39 is 0 Å². The first-order valence-corrected chi connectivity index (χ1v) is 14.1. The predicted octanol–water partition coefficient (Wildman–Crippen LogP) is 8.45. The minimum atomic E-state index is 0.837. The molecule has 6 heteroatoms. The summed E-state index contributed by atoms with van der Waals surface area (Å²) < 4.78 is 11.1. The second-order valence-electron chi connectivity index (χ2n) is 8.97. The highest BCUT2D eigenvalue weighted by Gasteiger charge is 2.24. The second-order valence-corrected chi connectivity index (χ2v) is 11.3. The van der Waals surface area contributed by atoms with Crippen LogP contribution in [0.3, 0.4) is 0 Å². The van der Waals surface area contributed by atoms with Crippen LogP contribution in [0.2, 0.25) is 0 Å². The Hall–Kier alpha value is -3.61. The molecule has 3 aromatic heterocycles. The number of hydrogen-bond donors (Lipinski definition) is 1. The molecule has 0 fully saturated rings. The molecule has 0 saturated heterocycles. The standard InChI is InChI=1S/C31H28N2O2S2/c1-5-20-9-13-28(36-20)30-24-15-18(34-3)7-11-22(24)26(32-30)17-27-23-12-8-19(35-4)16-25(23)31(33-27)29-14-10-21(6-2)37-29/h7-17,32H,5-6H2,1-4H3/b27-17-. The average Bonchev–Trinajstić information content (AvgIpc) is 3.73. The summed E-state index contributed by atoms with van der Waals surface area (Å²) in [6.45, 7) is 4.38. The molecule has 0 unspecified atom stereocenters. The van der Waals surface area contributed by atoms with Gasteiger partial charge in [0, 0.05) is 37.3 Å². The van der Waals surface area contributed by atoms with Gasteiger partial charge in [-0.2, -0.15) is 0 Å². The summed E-state index contributed by atoms with van der Waals surface area (Å²) in [7, 11) is 3.42. The van der Waals surface area contributed by atoms with Crippen LogP contribution in [0.4, 0.5) is 0 Å². The van der Waals surface area contributed by atoms with Crippen LogP contribution >= 0.6 is 22.7 Å². The van der Waals surface area contributed by atoms with Gasteiger partial charge in [0.15, 0.2) is 0 Å². The number of aryl methyl sites for hydroxylation is 2. The lowest BCUT2D eigenvalue weighted by molar-refractivity contribution is 0.414. The lowest BCUT2D eigenvalue weighted by Crippen LogP contribution is -1.98. The highest BCUT2D eigenvalue weighted by Crippen LogP contribution is 2.40. The molecule has 0 atom stereocenters. The molecule has 1 aliphatic rings. The van der Waals surface area contributed by atoms with Crippen LogP contribution in [0, 0.1) is 0 Å². The number of thiophene rings is 2. The van der Waals surface area contributed by atoms with E-state index in [1.54, 1.807) is 14.2 Å². The van der Waals surface area contributed by atoms with Crippen LogP contribution < -0.4 is 9.47 Å². The number of benzene rings is 2. The molecule has 0 aliphatic carbocycles. The van der Waals surface area contributed by atoms with Crippen LogP contribution in [0.1, 0.15) is 45.3 Å². The van der Waals surface area contributed by atoms with E-state index in [1.165, 1.54) is 19.5 Å². The second kappa shape index (κ2) is 9.69. The minimum absolute atomic E-state index is 0.837. The largest absolute Gasteiger partial charge is 0.497 e. The molecule has 0 amide bonds. The Labute approximate surface area is 224 Å². The Balaban J connectivity index is 1.53. The van der Waals surface area contributed by atoms with Crippen molar-refractivity contribution in [3.63, 3.8) is 0 Å². The van der Waals surface area contributed by atoms with Crippen molar-refractivity contribution in [1.82, 2.24) is 4.98 Å². The number of nitrogens with zero attached hydrogens (tertiary/aromatic N) is 1. The fourth-order valence-corrected chi connectivity index (χ4v) is 6.73. The van der Waals surface area contributed by atoms with E-state index in [-0.39, 0.29) is 0 Å². The number of aromatic amines is 1. The topological polar surface area (TPSA) is 46.6 Å². The average molecular weight is 525 g/mol. The van der Waals surface area contributed by atoms with Gasteiger partial charge in [0.1, 0.15) is 11.5 Å². The first-order chi connectivity index (χ1) is 18.1. The van der Waals surface area contributed by atoms with Crippen LogP contribution in [0.15, 0.2) is 65.7 Å². The van der Waals surface area contributed by atoms with Crippen molar-refractivity contribution < 1.29 is 9.47 Å². The first-order valence-electron chi connectivity index (χ1n) is 12.5. The molecule has 0 bridgehead atoms. The summed E-state index contributed by atoms with van der Waals surface area (Å²) in [5.74, 6) is 1.69. The van der Waals surface area contributed by atoms with Crippen molar-refractivity contribution >= 4 is 50.9 Å². The van der Waals surface area contributed by atoms with Gasteiger partial charge in [0.2, 0.25) is 0 Å². The third-order valence-corrected chi connectivity index (χ3v) is 9.30. The molecule has 0 spiro atoms. The van der Waals surface area contributed by atoms with E-state index in [4.69, 9.17) is 14.5 Å². The van der Waals surface area contributed by atoms with Crippen molar-refractivity contribution in [2.75, 3.05) is 14.2 Å². The summed E-state index contributed by atoms with van der Waals surface area (Å²) >= 11 is 3.64. The van der Waals surface area contributed by atoms with Crippen molar-refractivity contribution in [2.45, 2.75) is 26.7 Å². The quantitative estimate of drug-likeness (QED) is 0.232. The van der Waals surface area contributed by atoms with Crippen molar-refractivity contribution in [2.24, 2.45) is 4.99 Å². The molecule has 4 heterocycles. The molecule has 4 nitrogen and oxygen atoms in total. The van der Waals surface area contributed by atoms with Crippen LogP contribution in [0.25, 0.3) is 33.1 Å². The molecule has 1 aliphatic heterocycles. The minimum Gasteiger partial charge on any atom is -0.497 e. The molecule has 5 aromatic rings. The van der Waals surface area contributed by atoms with E-state index in [0.29, 0.717) is 0 Å². The van der Waals surface area contributed by atoms with Crippen molar-refractivity contribution in [3.05, 3.63) is 92.1 Å². The first kappa shape index (κ1) is 23.8. The SMILES string of the molecule is CCc1ccc(C2=N/C(=C\c3[nH]c(-c4ccc(CC)s4)c4cc(OC)ccc34)c3ccc(OC)cc32)s1. The normalized spacial score (nSPS) is 13.8. The maximum absolute atomic E-state index is 5.57. The number of ether oxygens (including phenoxy) is 2. The lowest BCUT2D eigenvalue weighted by Gasteiger charge is -2.05. The van der Waals surface area contributed by atoms with Crippen molar-refractivity contribution in [1.29, 1.82) is 0 Å². The Morgan fingerprint density at radius 2 is 1.43 bits per heavy atom. The van der Waals surface area contributed by atoms with E-state index in [0.717, 1.165) is 69.0 Å². The number of methoxy groups -OCH3 is 2. The zero-order chi connectivity index (χ0) is 25.5. The number of nitrogens with one attached hydrogen (secondary N) is 1. The Bertz CT molecular complexity index is 1680. The Morgan fingerprint density at radius 1 is 0.757 bits per heavy atom. The van der Waals surface area contributed by atoms with E-state index in [9.17, 15) is 0 Å². The fourth-order valence-electron chi connectivity index (χ4n) is 4.81. The van der Waals surface area contributed by atoms with Gasteiger partial charge >= 0.3 is 0 Å². The Morgan fingerprint density at radius 3 is 2.14 bits per heavy atom. The highest BCUT2D eigenvalue weighted by molar-refractivity contribution is 7.15. The molecule has 2 aromatic carbocycles. The third-order valence-electron chi connectivity index (χ3n) is 6.82. The monoisotopic (exact) mass is 524 g/mol. The van der Waals surface area contributed by atoms with E-state index >= 15 is 0 Å². The highest BCUT2D eigenvalue weighted by atomic mass is 32.1. The number of H-pyrrole nitrogens is 1. The summed E-state index contributed by atoms with van der Waals surface area (Å²) in [6, 6.07) is 21.3. The number of rotatable bonds is 7. The Kier molecular flexibility index (Phi) is 6.22. The van der Waals surface area contributed by atoms with Gasteiger partial charge < -0.3 is 14.5 Å². The van der Waals surface area contributed by atoms with Crippen LogP contribution in [-0.4, -0.2) is 24.9 Å². The molecule has 0 radical (unpaired) electrons. The summed E-state index contributed by atoms with van der Waals surface area (Å²) in [4.78, 5) is 14.0. The third kappa shape index (κ3) is 4.20. The predicted molar refractivity (Wildman–Crippen MR) is 158 cm³/mol. The van der Waals surface area contributed by atoms with E-state index in [1.807, 2.05) is 34.8 Å². The van der Waals surface area contributed by atoms with Gasteiger partial charge in [0.25, 0.3) is 0 Å². The number of aromatic nitrogens is 1. The summed E-state index contributed by atoms with van der Waals surface area (Å²) in [5.41, 5.74) is 6.34. The fraction of sp³-hybridized carbons (Fsp3) is 0.194. The molecule has 6 rings (SSSR count). The molecular formula is C31H28N2O2S2. The zero-order valence-corrected chi connectivity index (χ0v) is 23.0. The van der Waals surface area contributed by atoms with Gasteiger partial charge in [0.05, 0.1) is 41.1 Å². The lowest BCUT2D eigenvalue weighted by atomic mass is 10.0. The smallest absolute Gasteiger partial charge is 0.119 e. The van der Waals surface area contributed by atoms with Gasteiger partial charge in [-0.25, -0.2) is 4.99 Å². The number of hydrogen-bond acceptors (Lipinski definition) is 5. The number of fused-ring (bicyclic) bond motifs is 2. The molecule has 186 valence electrons. The number of aliphatic imine (C=N–C) groups is 1. The molecule has 0 saturated carbocycles. The summed E-state index contributed by atoms with van der Waals surface area (Å²) in [6.07, 6.45) is 4.23. The van der Waals surface area contributed by atoms with Crippen LogP contribution in [0.5, 0.6) is 11.5 Å².